The lowest BCUT2D eigenvalue weighted by Gasteiger charge is -2.39. The van der Waals surface area contributed by atoms with E-state index in [1.54, 1.807) is 6.26 Å². The molecule has 2 fully saturated rings. The van der Waals surface area contributed by atoms with E-state index in [9.17, 15) is 8.42 Å². The normalized spacial score (nSPS) is 30.0. The third-order valence-electron chi connectivity index (χ3n) is 4.25. The molecule has 1 saturated carbocycles. The molecule has 5 nitrogen and oxygen atoms in total. The van der Waals surface area contributed by atoms with E-state index in [4.69, 9.17) is 10.2 Å². The summed E-state index contributed by atoms with van der Waals surface area (Å²) in [5.74, 6) is 1.32. The molecule has 0 amide bonds. The number of rotatable bonds is 5. The Bertz CT molecular complexity index is 536. The maximum atomic E-state index is 11.8. The van der Waals surface area contributed by atoms with Gasteiger partial charge in [0.05, 0.1) is 24.3 Å². The number of nitrogens with two attached hydrogens (primary N) is 1. The van der Waals surface area contributed by atoms with Crippen LogP contribution in [0.4, 0.5) is 0 Å². The molecular weight excluding hydrogens is 264 g/mol. The molecule has 0 bridgehead atoms. The first-order chi connectivity index (χ1) is 9.05. The van der Waals surface area contributed by atoms with Gasteiger partial charge in [-0.15, -0.1) is 0 Å². The van der Waals surface area contributed by atoms with Gasteiger partial charge in [0.25, 0.3) is 0 Å². The fraction of sp³-hybridized carbons (Fsp3) is 0.692. The van der Waals surface area contributed by atoms with Crippen molar-refractivity contribution in [1.82, 2.24) is 4.90 Å². The summed E-state index contributed by atoms with van der Waals surface area (Å²) in [6, 6.07) is 4.26. The minimum atomic E-state index is -2.95. The predicted octanol–water partition coefficient (Wildman–Crippen LogP) is 0.760. The number of nitrogens with zero attached hydrogens (tertiary/aromatic N) is 1. The van der Waals surface area contributed by atoms with Gasteiger partial charge >= 0.3 is 0 Å². The van der Waals surface area contributed by atoms with Gasteiger partial charge in [-0.05, 0) is 31.4 Å². The zero-order valence-electron chi connectivity index (χ0n) is 10.9. The fourth-order valence-corrected chi connectivity index (χ4v) is 5.13. The summed E-state index contributed by atoms with van der Waals surface area (Å²) in [7, 11) is -2.95. The van der Waals surface area contributed by atoms with Crippen molar-refractivity contribution in [3.8, 4) is 0 Å². The van der Waals surface area contributed by atoms with Gasteiger partial charge < -0.3 is 10.2 Å². The second-order valence-electron chi connectivity index (χ2n) is 5.71. The van der Waals surface area contributed by atoms with Gasteiger partial charge in [0.15, 0.2) is 9.84 Å². The number of hydrogen-bond acceptors (Lipinski definition) is 5. The lowest BCUT2D eigenvalue weighted by atomic mass is 9.96. The minimum absolute atomic E-state index is 0.188. The average Bonchev–Trinajstić information content (AvgIpc) is 2.98. The highest BCUT2D eigenvalue weighted by Gasteiger charge is 2.50. The third kappa shape index (κ3) is 2.57. The summed E-state index contributed by atoms with van der Waals surface area (Å²) in [4.78, 5) is 2.27. The van der Waals surface area contributed by atoms with Gasteiger partial charge in [0, 0.05) is 18.1 Å². The van der Waals surface area contributed by atoms with Gasteiger partial charge in [-0.1, -0.05) is 0 Å². The highest BCUT2D eigenvalue weighted by molar-refractivity contribution is 7.91. The van der Waals surface area contributed by atoms with Crippen LogP contribution in [0.15, 0.2) is 22.8 Å². The first kappa shape index (κ1) is 13.1. The van der Waals surface area contributed by atoms with Crippen LogP contribution in [-0.2, 0) is 16.4 Å². The highest BCUT2D eigenvalue weighted by atomic mass is 32.2. The number of furan rings is 1. The maximum Gasteiger partial charge on any atom is 0.152 e. The molecular formula is C13H20N2O3S. The number of sulfone groups is 1. The third-order valence-corrected chi connectivity index (χ3v) is 6.05. The van der Waals surface area contributed by atoms with Crippen LogP contribution in [0.1, 0.15) is 25.0 Å². The fourth-order valence-electron chi connectivity index (χ4n) is 3.04. The molecule has 1 aliphatic carbocycles. The van der Waals surface area contributed by atoms with E-state index in [1.165, 1.54) is 0 Å². The van der Waals surface area contributed by atoms with Crippen LogP contribution in [-0.4, -0.2) is 42.9 Å². The SMILES string of the molecule is NCC1(N(Cc2ccco2)C2CC2)CCS(=O)(=O)C1. The van der Waals surface area contributed by atoms with E-state index in [2.05, 4.69) is 4.90 Å². The molecule has 3 rings (SSSR count). The van der Waals surface area contributed by atoms with E-state index in [0.29, 0.717) is 25.6 Å². The predicted molar refractivity (Wildman–Crippen MR) is 72.3 cm³/mol. The first-order valence-corrected chi connectivity index (χ1v) is 8.56. The minimum Gasteiger partial charge on any atom is -0.468 e. The molecule has 19 heavy (non-hydrogen) atoms. The first-order valence-electron chi connectivity index (χ1n) is 6.74. The van der Waals surface area contributed by atoms with E-state index in [0.717, 1.165) is 18.6 Å². The molecule has 1 saturated heterocycles. The summed E-state index contributed by atoms with van der Waals surface area (Å²) < 4.78 is 29.1. The molecule has 106 valence electrons. The summed E-state index contributed by atoms with van der Waals surface area (Å²) >= 11 is 0. The van der Waals surface area contributed by atoms with E-state index < -0.39 is 15.4 Å². The summed E-state index contributed by atoms with van der Waals surface area (Å²) in [6.45, 7) is 1.05. The van der Waals surface area contributed by atoms with Crippen LogP contribution in [0.3, 0.4) is 0 Å². The lowest BCUT2D eigenvalue weighted by molar-refractivity contribution is 0.0893. The zero-order chi connectivity index (χ0) is 13.5. The standard InChI is InChI=1S/C13H20N2O3S/c14-9-13(5-7-19(16,17)10-13)15(11-3-4-11)8-12-2-1-6-18-12/h1-2,6,11H,3-5,7-10,14H2. The maximum absolute atomic E-state index is 11.8. The molecule has 1 unspecified atom stereocenters. The Kier molecular flexibility index (Phi) is 3.19. The van der Waals surface area contributed by atoms with Crippen molar-refractivity contribution in [2.45, 2.75) is 37.4 Å². The van der Waals surface area contributed by atoms with Gasteiger partial charge in [-0.25, -0.2) is 8.42 Å². The van der Waals surface area contributed by atoms with Crippen molar-refractivity contribution < 1.29 is 12.8 Å². The molecule has 1 aromatic rings. The molecule has 2 N–H and O–H groups in total. The van der Waals surface area contributed by atoms with Crippen LogP contribution in [0.25, 0.3) is 0 Å². The zero-order valence-corrected chi connectivity index (χ0v) is 11.7. The smallest absolute Gasteiger partial charge is 0.152 e. The van der Waals surface area contributed by atoms with Crippen LogP contribution in [0, 0.1) is 0 Å². The Hall–Kier alpha value is -0.850. The van der Waals surface area contributed by atoms with Gasteiger partial charge in [-0.2, -0.15) is 0 Å². The van der Waals surface area contributed by atoms with Crippen molar-refractivity contribution in [2.24, 2.45) is 5.73 Å². The second kappa shape index (κ2) is 4.61. The van der Waals surface area contributed by atoms with Crippen molar-refractivity contribution in [3.63, 3.8) is 0 Å². The Morgan fingerprint density at radius 1 is 1.47 bits per heavy atom. The Morgan fingerprint density at radius 3 is 2.74 bits per heavy atom. The van der Waals surface area contributed by atoms with Crippen molar-refractivity contribution in [1.29, 1.82) is 0 Å². The molecule has 0 aromatic carbocycles. The largest absolute Gasteiger partial charge is 0.468 e. The van der Waals surface area contributed by atoms with Crippen LogP contribution < -0.4 is 5.73 Å². The van der Waals surface area contributed by atoms with E-state index >= 15 is 0 Å². The Balaban J connectivity index is 1.86. The molecule has 0 radical (unpaired) electrons. The summed E-state index contributed by atoms with van der Waals surface area (Å²) in [6.07, 6.45) is 4.55. The van der Waals surface area contributed by atoms with Crippen LogP contribution >= 0.6 is 0 Å². The summed E-state index contributed by atoms with van der Waals surface area (Å²) in [5.41, 5.74) is 5.55. The van der Waals surface area contributed by atoms with Gasteiger partial charge in [-0.3, -0.25) is 4.90 Å². The molecule has 6 heteroatoms. The van der Waals surface area contributed by atoms with Crippen molar-refractivity contribution in [2.75, 3.05) is 18.1 Å². The highest BCUT2D eigenvalue weighted by Crippen LogP contribution is 2.39. The molecule has 1 aliphatic heterocycles. The van der Waals surface area contributed by atoms with Crippen molar-refractivity contribution >= 4 is 9.84 Å². The molecule has 1 aromatic heterocycles. The van der Waals surface area contributed by atoms with E-state index in [1.807, 2.05) is 12.1 Å². The van der Waals surface area contributed by atoms with Gasteiger partial charge in [0.1, 0.15) is 5.76 Å². The van der Waals surface area contributed by atoms with Gasteiger partial charge in [0.2, 0.25) is 0 Å². The topological polar surface area (TPSA) is 76.5 Å². The van der Waals surface area contributed by atoms with E-state index in [-0.39, 0.29) is 11.5 Å². The lowest BCUT2D eigenvalue weighted by Crippen LogP contribution is -2.55. The molecule has 2 aliphatic rings. The molecule has 2 heterocycles. The second-order valence-corrected chi connectivity index (χ2v) is 7.89. The monoisotopic (exact) mass is 284 g/mol. The number of hydrogen-bond donors (Lipinski definition) is 1. The molecule has 1 atom stereocenters. The summed E-state index contributed by atoms with van der Waals surface area (Å²) in [5, 5.41) is 0. The average molecular weight is 284 g/mol. The van der Waals surface area contributed by atoms with Crippen molar-refractivity contribution in [3.05, 3.63) is 24.2 Å². The Labute approximate surface area is 113 Å². The van der Waals surface area contributed by atoms with Crippen LogP contribution in [0.5, 0.6) is 0 Å². The Morgan fingerprint density at radius 2 is 2.26 bits per heavy atom. The quantitative estimate of drug-likeness (QED) is 0.864. The molecule has 0 spiro atoms. The van der Waals surface area contributed by atoms with Crippen LogP contribution in [0.2, 0.25) is 0 Å².